The number of hydrazine groups is 1. The van der Waals surface area contributed by atoms with Gasteiger partial charge in [0.25, 0.3) is 0 Å². The Bertz CT molecular complexity index is 352. The molecule has 4 aliphatic rings. The molecule has 4 rings (SSSR count). The summed E-state index contributed by atoms with van der Waals surface area (Å²) in [6.07, 6.45) is 4.61. The van der Waals surface area contributed by atoms with Crippen LogP contribution in [0.4, 0.5) is 0 Å². The number of hydrogen-bond acceptors (Lipinski definition) is 5. The maximum absolute atomic E-state index is 2.43. The van der Waals surface area contributed by atoms with Gasteiger partial charge >= 0.3 is 0 Å². The predicted octanol–water partition coefficient (Wildman–Crippen LogP) is 0.495. The minimum absolute atomic E-state index is 1.21. The highest BCUT2D eigenvalue weighted by atomic mass is 32.2. The summed E-state index contributed by atoms with van der Waals surface area (Å²) < 4.78 is 2.31. The molecule has 80 valence electrons. The monoisotopic (exact) mass is 222 g/mol. The van der Waals surface area contributed by atoms with E-state index < -0.39 is 0 Å². The lowest BCUT2D eigenvalue weighted by Gasteiger charge is -2.27. The van der Waals surface area contributed by atoms with Crippen molar-refractivity contribution in [2.45, 2.75) is 0 Å². The average molecular weight is 222 g/mol. The van der Waals surface area contributed by atoms with Gasteiger partial charge < -0.3 is 9.80 Å². The average Bonchev–Trinajstić information content (AvgIpc) is 3.20. The van der Waals surface area contributed by atoms with Crippen molar-refractivity contribution in [2.75, 3.05) is 39.3 Å². The molecule has 0 bridgehead atoms. The van der Waals surface area contributed by atoms with Gasteiger partial charge in [-0.15, -0.1) is 0 Å². The molecule has 0 unspecified atom stereocenters. The van der Waals surface area contributed by atoms with Crippen LogP contribution in [0.1, 0.15) is 0 Å². The van der Waals surface area contributed by atoms with Gasteiger partial charge in [-0.2, -0.15) is 0 Å². The van der Waals surface area contributed by atoms with Crippen LogP contribution in [0.2, 0.25) is 0 Å². The van der Waals surface area contributed by atoms with E-state index >= 15 is 0 Å². The van der Waals surface area contributed by atoms with Gasteiger partial charge in [-0.1, -0.05) is 0 Å². The Morgan fingerprint density at radius 1 is 0.933 bits per heavy atom. The SMILES string of the molecule is C1=C(N2CC2)C=C(N2CC2)SN1N1CC1. The smallest absolute Gasteiger partial charge is 0.0956 e. The van der Waals surface area contributed by atoms with Crippen LogP contribution in [-0.2, 0) is 0 Å². The van der Waals surface area contributed by atoms with Gasteiger partial charge in [-0.05, 0) is 6.08 Å². The zero-order chi connectivity index (χ0) is 9.83. The van der Waals surface area contributed by atoms with Gasteiger partial charge in [-0.3, -0.25) is 0 Å². The Kier molecular flexibility index (Phi) is 1.59. The summed E-state index contributed by atoms with van der Waals surface area (Å²) in [7, 11) is 0. The highest BCUT2D eigenvalue weighted by Gasteiger charge is 2.34. The molecule has 0 radical (unpaired) electrons. The largest absolute Gasteiger partial charge is 0.367 e. The topological polar surface area (TPSA) is 12.3 Å². The molecular weight excluding hydrogens is 208 g/mol. The van der Waals surface area contributed by atoms with Crippen LogP contribution in [0.5, 0.6) is 0 Å². The quantitative estimate of drug-likeness (QED) is 0.507. The molecule has 0 aliphatic carbocycles. The van der Waals surface area contributed by atoms with Crippen LogP contribution in [0.15, 0.2) is 23.0 Å². The second-order valence-electron chi connectivity index (χ2n) is 4.36. The number of nitrogens with zero attached hydrogens (tertiary/aromatic N) is 4. The minimum Gasteiger partial charge on any atom is -0.367 e. The fraction of sp³-hybridized carbons (Fsp3) is 0.600. The van der Waals surface area contributed by atoms with Crippen molar-refractivity contribution >= 4 is 11.9 Å². The lowest BCUT2D eigenvalue weighted by Crippen LogP contribution is -2.21. The first-order valence-electron chi connectivity index (χ1n) is 5.56. The van der Waals surface area contributed by atoms with E-state index in [1.807, 2.05) is 11.9 Å². The van der Waals surface area contributed by atoms with E-state index in [9.17, 15) is 0 Å². The number of hydrogen-bond donors (Lipinski definition) is 0. The van der Waals surface area contributed by atoms with Crippen molar-refractivity contribution < 1.29 is 0 Å². The highest BCUT2D eigenvalue weighted by molar-refractivity contribution is 8.00. The second-order valence-corrected chi connectivity index (χ2v) is 5.33. The van der Waals surface area contributed by atoms with Crippen LogP contribution in [-0.4, -0.2) is 58.5 Å². The number of allylic oxidation sites excluding steroid dienone is 1. The summed E-state index contributed by atoms with van der Waals surface area (Å²) in [6, 6.07) is 0. The Labute approximate surface area is 93.9 Å². The van der Waals surface area contributed by atoms with Crippen LogP contribution < -0.4 is 0 Å². The predicted molar refractivity (Wildman–Crippen MR) is 60.3 cm³/mol. The lowest BCUT2D eigenvalue weighted by atomic mass is 10.4. The van der Waals surface area contributed by atoms with Gasteiger partial charge in [0.1, 0.15) is 0 Å². The molecular formula is C10H14N4S. The molecule has 15 heavy (non-hydrogen) atoms. The van der Waals surface area contributed by atoms with Crippen LogP contribution in [0.25, 0.3) is 0 Å². The van der Waals surface area contributed by atoms with Gasteiger partial charge in [0.2, 0.25) is 0 Å². The summed E-state index contributed by atoms with van der Waals surface area (Å²) in [6.45, 7) is 7.36. The van der Waals surface area contributed by atoms with E-state index in [-0.39, 0.29) is 0 Å². The lowest BCUT2D eigenvalue weighted by molar-refractivity contribution is 0.303. The zero-order valence-electron chi connectivity index (χ0n) is 8.59. The van der Waals surface area contributed by atoms with Crippen molar-refractivity contribution in [3.8, 4) is 0 Å². The van der Waals surface area contributed by atoms with Gasteiger partial charge in [0.05, 0.1) is 16.9 Å². The van der Waals surface area contributed by atoms with Crippen LogP contribution >= 0.6 is 11.9 Å². The molecule has 0 aromatic heterocycles. The molecule has 0 saturated carbocycles. The normalized spacial score (nSPS) is 28.9. The molecule has 5 heteroatoms. The van der Waals surface area contributed by atoms with E-state index in [2.05, 4.69) is 31.5 Å². The van der Waals surface area contributed by atoms with Gasteiger partial charge in [0.15, 0.2) is 0 Å². The summed E-state index contributed by atoms with van der Waals surface area (Å²) >= 11 is 1.86. The molecule has 4 heterocycles. The van der Waals surface area contributed by atoms with Gasteiger partial charge in [0, 0.05) is 51.2 Å². The van der Waals surface area contributed by atoms with E-state index in [1.54, 1.807) is 0 Å². The molecule has 0 atom stereocenters. The number of rotatable bonds is 3. The van der Waals surface area contributed by atoms with Crippen molar-refractivity contribution in [1.82, 2.24) is 19.2 Å². The summed E-state index contributed by atoms with van der Waals surface area (Å²) in [5.74, 6) is 0. The van der Waals surface area contributed by atoms with E-state index in [0.29, 0.717) is 0 Å². The fourth-order valence-electron chi connectivity index (χ4n) is 1.71. The summed E-state index contributed by atoms with van der Waals surface area (Å²) in [5, 5.41) is 3.79. The summed E-state index contributed by atoms with van der Waals surface area (Å²) in [4.78, 5) is 4.84. The third-order valence-electron chi connectivity index (χ3n) is 2.97. The molecule has 0 spiro atoms. The van der Waals surface area contributed by atoms with E-state index in [4.69, 9.17) is 0 Å². The molecule has 3 fully saturated rings. The van der Waals surface area contributed by atoms with E-state index in [1.165, 1.54) is 50.0 Å². The first-order valence-corrected chi connectivity index (χ1v) is 6.33. The van der Waals surface area contributed by atoms with Crippen LogP contribution in [0.3, 0.4) is 0 Å². The van der Waals surface area contributed by atoms with Crippen LogP contribution in [0, 0.1) is 0 Å². The molecule has 4 nitrogen and oxygen atoms in total. The van der Waals surface area contributed by atoms with Crippen molar-refractivity contribution in [2.24, 2.45) is 0 Å². The molecule has 0 aromatic rings. The van der Waals surface area contributed by atoms with E-state index in [0.717, 1.165) is 0 Å². The minimum atomic E-state index is 1.21. The van der Waals surface area contributed by atoms with Gasteiger partial charge in [-0.25, -0.2) is 9.42 Å². The first-order chi connectivity index (χ1) is 7.40. The Hall–Kier alpha value is -0.810. The van der Waals surface area contributed by atoms with Crippen molar-refractivity contribution in [3.63, 3.8) is 0 Å². The summed E-state index contributed by atoms with van der Waals surface area (Å²) in [5.41, 5.74) is 1.39. The maximum atomic E-state index is 2.43. The zero-order valence-corrected chi connectivity index (χ0v) is 9.41. The Morgan fingerprint density at radius 3 is 2.27 bits per heavy atom. The molecule has 0 N–H and O–H groups in total. The molecule has 0 aromatic carbocycles. The Morgan fingerprint density at radius 2 is 1.67 bits per heavy atom. The third kappa shape index (κ3) is 1.59. The molecule has 3 saturated heterocycles. The maximum Gasteiger partial charge on any atom is 0.0956 e. The molecule has 4 aliphatic heterocycles. The highest BCUT2D eigenvalue weighted by Crippen LogP contribution is 2.38. The standard InChI is InChI=1S/C10H14N4S/c1-2-11(1)9-7-10(12-3-4-12)15-14(8-9)13-5-6-13/h7-8H,1-6H2. The van der Waals surface area contributed by atoms with Crippen molar-refractivity contribution in [1.29, 1.82) is 0 Å². The first kappa shape index (κ1) is 8.35. The molecule has 0 amide bonds. The fourth-order valence-corrected chi connectivity index (χ4v) is 2.81. The Balaban J connectivity index is 1.61. The van der Waals surface area contributed by atoms with Crippen molar-refractivity contribution in [3.05, 3.63) is 23.0 Å². The third-order valence-corrected chi connectivity index (χ3v) is 4.06. The second kappa shape index (κ2) is 2.86.